The first-order chi connectivity index (χ1) is 28.2. The van der Waals surface area contributed by atoms with E-state index in [1.54, 1.807) is 0 Å². The largest absolute Gasteiger partial charge is 0.453 e. The Morgan fingerprint density at radius 2 is 1.04 bits per heavy atom. The molecule has 0 spiro atoms. The van der Waals surface area contributed by atoms with Gasteiger partial charge in [0.2, 0.25) is 0 Å². The molecule has 270 valence electrons. The van der Waals surface area contributed by atoms with Crippen molar-refractivity contribution >= 4 is 45.0 Å². The van der Waals surface area contributed by atoms with Crippen molar-refractivity contribution in [2.75, 3.05) is 0 Å². The number of aromatic nitrogens is 4. The number of furan rings is 1. The van der Waals surface area contributed by atoms with E-state index in [2.05, 4.69) is 169 Å². The molecule has 10 rings (SSSR count). The molecule has 7 aromatic carbocycles. The van der Waals surface area contributed by atoms with Gasteiger partial charge in [-0.1, -0.05) is 158 Å². The van der Waals surface area contributed by atoms with Gasteiger partial charge in [0.1, 0.15) is 5.58 Å². The van der Waals surface area contributed by atoms with Crippen LogP contribution in [0.25, 0.3) is 107 Å². The van der Waals surface area contributed by atoms with E-state index in [9.17, 15) is 0 Å². The molecule has 0 radical (unpaired) electrons. The van der Waals surface area contributed by atoms with E-state index in [0.717, 1.165) is 83.1 Å². The third-order valence-corrected chi connectivity index (χ3v) is 10.6. The van der Waals surface area contributed by atoms with Crippen LogP contribution in [0, 0.1) is 0 Å². The van der Waals surface area contributed by atoms with E-state index < -0.39 is 0 Å². The van der Waals surface area contributed by atoms with Crippen LogP contribution in [-0.2, 0) is 0 Å². The van der Waals surface area contributed by atoms with Crippen molar-refractivity contribution in [1.29, 1.82) is 0 Å². The Kier molecular flexibility index (Phi) is 8.46. The average molecular weight is 733 g/mol. The quantitative estimate of drug-likeness (QED) is 0.156. The first-order valence-electron chi connectivity index (χ1n) is 19.1. The van der Waals surface area contributed by atoms with Gasteiger partial charge in [-0.05, 0) is 65.6 Å². The monoisotopic (exact) mass is 732 g/mol. The van der Waals surface area contributed by atoms with E-state index in [1.807, 2.05) is 37.3 Å². The number of rotatable bonds is 8. The zero-order chi connectivity index (χ0) is 38.3. The summed E-state index contributed by atoms with van der Waals surface area (Å²) in [6.07, 6.45) is 6.14. The lowest BCUT2D eigenvalue weighted by Gasteiger charge is -2.10. The fraction of sp³-hybridized carbons (Fsp3) is 0.0192. The molecule has 0 amide bonds. The summed E-state index contributed by atoms with van der Waals surface area (Å²) in [5.41, 5.74) is 12.7. The van der Waals surface area contributed by atoms with E-state index in [1.165, 1.54) is 0 Å². The molecule has 0 atom stereocenters. The number of para-hydroxylation sites is 2. The molecule has 0 aliphatic rings. The molecular formula is C52H36N4O. The number of nitrogens with zero attached hydrogens (tertiary/aromatic N) is 4. The van der Waals surface area contributed by atoms with Crippen LogP contribution in [-0.4, -0.2) is 19.5 Å². The predicted molar refractivity (Wildman–Crippen MR) is 236 cm³/mol. The molecule has 0 fully saturated rings. The summed E-state index contributed by atoms with van der Waals surface area (Å²) < 4.78 is 9.31. The van der Waals surface area contributed by atoms with Crippen LogP contribution in [0.2, 0.25) is 0 Å². The smallest absolute Gasteiger partial charge is 0.167 e. The summed E-state index contributed by atoms with van der Waals surface area (Å²) >= 11 is 0. The minimum Gasteiger partial charge on any atom is -0.453 e. The summed E-state index contributed by atoms with van der Waals surface area (Å²) in [7, 11) is 0. The molecule has 3 aromatic heterocycles. The molecule has 0 aliphatic heterocycles. The Bertz CT molecular complexity index is 3120. The molecule has 5 nitrogen and oxygen atoms in total. The van der Waals surface area contributed by atoms with E-state index in [4.69, 9.17) is 19.4 Å². The van der Waals surface area contributed by atoms with Gasteiger partial charge in [-0.15, -0.1) is 0 Å². The zero-order valence-electron chi connectivity index (χ0n) is 31.3. The molecule has 10 aromatic rings. The lowest BCUT2D eigenvalue weighted by molar-refractivity contribution is 0.671. The van der Waals surface area contributed by atoms with Crippen molar-refractivity contribution < 1.29 is 4.42 Å². The highest BCUT2D eigenvalue weighted by molar-refractivity contribution is 6.18. The first-order valence-corrected chi connectivity index (χ1v) is 19.1. The summed E-state index contributed by atoms with van der Waals surface area (Å²) in [6.45, 7) is 6.27. The summed E-state index contributed by atoms with van der Waals surface area (Å²) in [4.78, 5) is 15.5. The van der Waals surface area contributed by atoms with Crippen molar-refractivity contribution in [2.24, 2.45) is 0 Å². The predicted octanol–water partition coefficient (Wildman–Crippen LogP) is 13.7. The highest BCUT2D eigenvalue weighted by Gasteiger charge is 2.23. The average Bonchev–Trinajstić information content (AvgIpc) is 3.83. The van der Waals surface area contributed by atoms with Gasteiger partial charge in [-0.2, -0.15) is 0 Å². The third-order valence-electron chi connectivity index (χ3n) is 10.6. The van der Waals surface area contributed by atoms with Gasteiger partial charge in [0.05, 0.1) is 16.8 Å². The summed E-state index contributed by atoms with van der Waals surface area (Å²) in [6, 6.07) is 58.5. The second kappa shape index (κ2) is 14.2. The van der Waals surface area contributed by atoms with Crippen LogP contribution in [0.5, 0.6) is 0 Å². The first kappa shape index (κ1) is 33.9. The lowest BCUT2D eigenvalue weighted by atomic mass is 10.0. The molecular weight excluding hydrogens is 697 g/mol. The van der Waals surface area contributed by atoms with Gasteiger partial charge >= 0.3 is 0 Å². The number of allylic oxidation sites excluding steroid dienone is 1. The Morgan fingerprint density at radius 1 is 0.491 bits per heavy atom. The minimum absolute atomic E-state index is 0.535. The van der Waals surface area contributed by atoms with Crippen molar-refractivity contribution in [1.82, 2.24) is 19.5 Å². The highest BCUT2D eigenvalue weighted by Crippen LogP contribution is 2.42. The Morgan fingerprint density at radius 3 is 1.74 bits per heavy atom. The molecule has 5 heteroatoms. The number of hydrogen-bond acceptors (Lipinski definition) is 4. The number of fused-ring (bicyclic) bond motifs is 5. The molecule has 57 heavy (non-hydrogen) atoms. The van der Waals surface area contributed by atoms with E-state index in [0.29, 0.717) is 23.1 Å². The van der Waals surface area contributed by atoms with Gasteiger partial charge < -0.3 is 8.98 Å². The van der Waals surface area contributed by atoms with Gasteiger partial charge in [0.25, 0.3) is 0 Å². The molecule has 0 N–H and O–H groups in total. The van der Waals surface area contributed by atoms with Crippen LogP contribution in [0.3, 0.4) is 0 Å². The Hall–Kier alpha value is -7.63. The topological polar surface area (TPSA) is 56.7 Å². The van der Waals surface area contributed by atoms with Crippen molar-refractivity contribution in [3.63, 3.8) is 0 Å². The Labute approximate surface area is 330 Å². The molecule has 0 bridgehead atoms. The minimum atomic E-state index is 0.535. The van der Waals surface area contributed by atoms with Crippen molar-refractivity contribution in [3.05, 3.63) is 194 Å². The molecule has 0 saturated heterocycles. The molecule has 0 unspecified atom stereocenters. The van der Waals surface area contributed by atoms with Crippen LogP contribution in [0.15, 0.2) is 187 Å². The normalized spacial score (nSPS) is 11.6. The highest BCUT2D eigenvalue weighted by atomic mass is 16.3. The summed E-state index contributed by atoms with van der Waals surface area (Å²) in [5.74, 6) is 1.70. The zero-order valence-corrected chi connectivity index (χ0v) is 31.3. The van der Waals surface area contributed by atoms with Gasteiger partial charge in [-0.25, -0.2) is 15.0 Å². The fourth-order valence-corrected chi connectivity index (χ4v) is 7.90. The molecule has 0 aliphatic carbocycles. The lowest BCUT2D eigenvalue weighted by Crippen LogP contribution is -2.00. The maximum Gasteiger partial charge on any atom is 0.167 e. The maximum atomic E-state index is 7.06. The third kappa shape index (κ3) is 5.94. The molecule has 3 heterocycles. The van der Waals surface area contributed by atoms with Crippen molar-refractivity contribution in [2.45, 2.75) is 6.92 Å². The number of hydrogen-bond donors (Lipinski definition) is 0. The fourth-order valence-electron chi connectivity index (χ4n) is 7.90. The van der Waals surface area contributed by atoms with Gasteiger partial charge in [0, 0.05) is 38.5 Å². The second-order valence-electron chi connectivity index (χ2n) is 14.0. The van der Waals surface area contributed by atoms with Gasteiger partial charge in [0.15, 0.2) is 23.1 Å². The number of benzene rings is 7. The van der Waals surface area contributed by atoms with E-state index >= 15 is 0 Å². The SMILES string of the molecule is C=Cc1c(/C=C\C)c2ccc3c4cccc(-c5nc(-c6ccc(-c7ccccc7)cc6)nc(-c6cccc(-c7ccccc7)c6)n5)c4oc3c2n1-c1ccccc1. The van der Waals surface area contributed by atoms with E-state index in [-0.39, 0.29) is 0 Å². The Balaban J connectivity index is 1.20. The van der Waals surface area contributed by atoms with Crippen molar-refractivity contribution in [3.8, 4) is 62.1 Å². The molecule has 0 saturated carbocycles. The summed E-state index contributed by atoms with van der Waals surface area (Å²) in [5, 5.41) is 3.08. The van der Waals surface area contributed by atoms with Crippen LogP contribution >= 0.6 is 0 Å². The second-order valence-corrected chi connectivity index (χ2v) is 14.0. The van der Waals surface area contributed by atoms with Crippen LogP contribution in [0.1, 0.15) is 18.2 Å². The van der Waals surface area contributed by atoms with Gasteiger partial charge in [-0.3, -0.25) is 0 Å². The standard InChI is InChI=1S/C52H36N4O/c1-3-16-41-42-31-32-44-43-25-15-26-45(48(43)57-49(44)47(42)56(46(41)4-2)40-23-12-7-13-24-40)52-54-50(37-29-27-36(28-30-37)34-17-8-5-9-18-34)53-51(55-52)39-22-14-21-38(33-39)35-19-10-6-11-20-35/h3-33H,2H2,1H3/b16-3-. The van der Waals surface area contributed by atoms with Crippen LogP contribution in [0.4, 0.5) is 0 Å². The maximum absolute atomic E-state index is 7.06. The van der Waals surface area contributed by atoms with Crippen LogP contribution < -0.4 is 0 Å².